The molecular formula is C18H20FN5. The van der Waals surface area contributed by atoms with Crippen LogP contribution in [0.25, 0.3) is 11.2 Å². The molecule has 5 nitrogen and oxygen atoms in total. The molecule has 1 saturated heterocycles. The maximum atomic E-state index is 13.1. The van der Waals surface area contributed by atoms with Crippen molar-refractivity contribution in [2.24, 2.45) is 7.05 Å². The number of fused-ring (bicyclic) bond motifs is 1. The molecule has 3 heterocycles. The second-order valence-electron chi connectivity index (χ2n) is 6.44. The zero-order valence-corrected chi connectivity index (χ0v) is 13.7. The summed E-state index contributed by atoms with van der Waals surface area (Å²) in [6.07, 6.45) is 5.68. The third-order valence-electron chi connectivity index (χ3n) is 4.70. The number of hydrogen-bond acceptors (Lipinski definition) is 4. The fraction of sp³-hybridized carbons (Fsp3) is 0.389. The van der Waals surface area contributed by atoms with Crippen molar-refractivity contribution in [3.63, 3.8) is 0 Å². The summed E-state index contributed by atoms with van der Waals surface area (Å²) in [7, 11) is 1.92. The Morgan fingerprint density at radius 1 is 1.17 bits per heavy atom. The smallest absolute Gasteiger partial charge is 0.176 e. The van der Waals surface area contributed by atoms with Gasteiger partial charge in [0.15, 0.2) is 5.65 Å². The first kappa shape index (κ1) is 15.2. The molecule has 1 fully saturated rings. The maximum absolute atomic E-state index is 13.1. The summed E-state index contributed by atoms with van der Waals surface area (Å²) in [4.78, 5) is 11.3. The Bertz CT molecular complexity index is 842. The lowest BCUT2D eigenvalue weighted by Gasteiger charge is -2.32. The minimum atomic E-state index is -0.186. The molecule has 1 aliphatic heterocycles. The van der Waals surface area contributed by atoms with E-state index in [9.17, 15) is 4.39 Å². The second kappa shape index (κ2) is 6.28. The average Bonchev–Trinajstić information content (AvgIpc) is 2.95. The monoisotopic (exact) mass is 325 g/mol. The number of hydrogen-bond donors (Lipinski definition) is 0. The zero-order valence-electron chi connectivity index (χ0n) is 13.7. The molecule has 24 heavy (non-hydrogen) atoms. The molecule has 0 N–H and O–H groups in total. The van der Waals surface area contributed by atoms with E-state index in [1.165, 1.54) is 12.1 Å². The van der Waals surface area contributed by atoms with E-state index in [0.717, 1.165) is 54.9 Å². The highest BCUT2D eigenvalue weighted by molar-refractivity contribution is 5.73. The summed E-state index contributed by atoms with van der Waals surface area (Å²) in [6.45, 7) is 2.84. The highest BCUT2D eigenvalue weighted by Crippen LogP contribution is 2.30. The highest BCUT2D eigenvalue weighted by Gasteiger charge is 2.26. The van der Waals surface area contributed by atoms with E-state index in [1.807, 2.05) is 23.9 Å². The van der Waals surface area contributed by atoms with Gasteiger partial charge in [-0.1, -0.05) is 12.1 Å². The minimum absolute atomic E-state index is 0.186. The van der Waals surface area contributed by atoms with E-state index in [1.54, 1.807) is 12.4 Å². The summed E-state index contributed by atoms with van der Waals surface area (Å²) < 4.78 is 14.9. The molecule has 2 aromatic heterocycles. The van der Waals surface area contributed by atoms with Crippen LogP contribution in [0.5, 0.6) is 0 Å². The Kier molecular flexibility index (Phi) is 3.98. The molecule has 1 aromatic carbocycles. The van der Waals surface area contributed by atoms with Crippen LogP contribution in [-0.2, 0) is 13.6 Å². The van der Waals surface area contributed by atoms with Crippen molar-refractivity contribution in [2.75, 3.05) is 13.1 Å². The van der Waals surface area contributed by atoms with E-state index in [0.29, 0.717) is 5.92 Å². The molecule has 0 aliphatic carbocycles. The standard InChI is InChI=1S/C18H20FN5/c1-23-18-17(20-8-9-21-18)16(22-23)14-3-2-10-24(12-14)11-13-4-6-15(19)7-5-13/h4-9,14H,2-3,10-12H2,1H3/t14-/m0/s1. The molecule has 0 unspecified atom stereocenters. The van der Waals surface area contributed by atoms with Gasteiger partial charge < -0.3 is 0 Å². The van der Waals surface area contributed by atoms with Gasteiger partial charge >= 0.3 is 0 Å². The highest BCUT2D eigenvalue weighted by atomic mass is 19.1. The summed E-state index contributed by atoms with van der Waals surface area (Å²) in [5.74, 6) is 0.174. The van der Waals surface area contributed by atoms with Crippen molar-refractivity contribution in [2.45, 2.75) is 25.3 Å². The molecule has 0 bridgehead atoms. The van der Waals surface area contributed by atoms with Crippen molar-refractivity contribution in [1.82, 2.24) is 24.6 Å². The molecule has 0 amide bonds. The number of halogens is 1. The third kappa shape index (κ3) is 2.89. The lowest BCUT2D eigenvalue weighted by molar-refractivity contribution is 0.198. The topological polar surface area (TPSA) is 46.8 Å². The Hall–Kier alpha value is -2.34. The van der Waals surface area contributed by atoms with Gasteiger partial charge in [-0.3, -0.25) is 4.90 Å². The number of piperidine rings is 1. The van der Waals surface area contributed by atoms with Crippen LogP contribution in [-0.4, -0.2) is 37.7 Å². The summed E-state index contributed by atoms with van der Waals surface area (Å²) >= 11 is 0. The normalized spacial score (nSPS) is 19.0. The van der Waals surface area contributed by atoms with Crippen LogP contribution in [0.3, 0.4) is 0 Å². The molecule has 3 aromatic rings. The van der Waals surface area contributed by atoms with Crippen LogP contribution in [0.1, 0.15) is 30.0 Å². The first-order valence-electron chi connectivity index (χ1n) is 8.31. The van der Waals surface area contributed by atoms with Gasteiger partial charge in [0, 0.05) is 38.4 Å². The Labute approximate surface area is 140 Å². The first-order chi connectivity index (χ1) is 11.7. The number of aromatic nitrogens is 4. The Morgan fingerprint density at radius 3 is 2.79 bits per heavy atom. The van der Waals surface area contributed by atoms with Crippen LogP contribution in [0.2, 0.25) is 0 Å². The second-order valence-corrected chi connectivity index (χ2v) is 6.44. The third-order valence-corrected chi connectivity index (χ3v) is 4.70. The fourth-order valence-electron chi connectivity index (χ4n) is 3.55. The van der Waals surface area contributed by atoms with E-state index in [2.05, 4.69) is 20.0 Å². The Morgan fingerprint density at radius 2 is 1.96 bits per heavy atom. The summed E-state index contributed by atoms with van der Waals surface area (Å²) in [5.41, 5.74) is 3.93. The van der Waals surface area contributed by atoms with Gasteiger partial charge in [-0.25, -0.2) is 19.0 Å². The van der Waals surface area contributed by atoms with Gasteiger partial charge in [0.2, 0.25) is 0 Å². The Balaban J connectivity index is 1.55. The van der Waals surface area contributed by atoms with Gasteiger partial charge in [-0.2, -0.15) is 5.10 Å². The number of likely N-dealkylation sites (tertiary alicyclic amines) is 1. The van der Waals surface area contributed by atoms with Crippen LogP contribution in [0, 0.1) is 5.82 Å². The predicted molar refractivity (Wildman–Crippen MR) is 90.0 cm³/mol. The van der Waals surface area contributed by atoms with Gasteiger partial charge in [-0.15, -0.1) is 0 Å². The van der Waals surface area contributed by atoms with Crippen LogP contribution >= 0.6 is 0 Å². The summed E-state index contributed by atoms with van der Waals surface area (Å²) in [5, 5.41) is 4.68. The minimum Gasteiger partial charge on any atom is -0.298 e. The number of aryl methyl sites for hydroxylation is 1. The van der Waals surface area contributed by atoms with Crippen molar-refractivity contribution in [3.8, 4) is 0 Å². The molecule has 4 rings (SSSR count). The van der Waals surface area contributed by atoms with Crippen molar-refractivity contribution < 1.29 is 4.39 Å². The zero-order chi connectivity index (χ0) is 16.5. The molecule has 1 atom stereocenters. The molecule has 124 valence electrons. The lowest BCUT2D eigenvalue weighted by atomic mass is 9.94. The fourth-order valence-corrected chi connectivity index (χ4v) is 3.55. The lowest BCUT2D eigenvalue weighted by Crippen LogP contribution is -2.34. The first-order valence-corrected chi connectivity index (χ1v) is 8.31. The SMILES string of the molecule is Cn1nc([C@H]2CCCN(Cc3ccc(F)cc3)C2)c2nccnc21. The quantitative estimate of drug-likeness (QED) is 0.743. The van der Waals surface area contributed by atoms with Crippen molar-refractivity contribution in [3.05, 3.63) is 53.7 Å². The van der Waals surface area contributed by atoms with Gasteiger partial charge in [-0.05, 0) is 37.1 Å². The number of rotatable bonds is 3. The van der Waals surface area contributed by atoms with E-state index < -0.39 is 0 Å². The maximum Gasteiger partial charge on any atom is 0.176 e. The van der Waals surface area contributed by atoms with Gasteiger partial charge in [0.25, 0.3) is 0 Å². The molecule has 0 saturated carbocycles. The van der Waals surface area contributed by atoms with E-state index >= 15 is 0 Å². The molecule has 1 aliphatic rings. The van der Waals surface area contributed by atoms with Crippen LogP contribution in [0.15, 0.2) is 36.7 Å². The largest absolute Gasteiger partial charge is 0.298 e. The number of benzene rings is 1. The van der Waals surface area contributed by atoms with Crippen molar-refractivity contribution >= 4 is 11.2 Å². The predicted octanol–water partition coefficient (Wildman–Crippen LogP) is 2.88. The molecule has 6 heteroatoms. The molecule has 0 spiro atoms. The van der Waals surface area contributed by atoms with E-state index in [4.69, 9.17) is 0 Å². The van der Waals surface area contributed by atoms with Crippen LogP contribution in [0.4, 0.5) is 4.39 Å². The van der Waals surface area contributed by atoms with Gasteiger partial charge in [0.05, 0.1) is 5.69 Å². The van der Waals surface area contributed by atoms with Gasteiger partial charge in [0.1, 0.15) is 11.3 Å². The van der Waals surface area contributed by atoms with E-state index in [-0.39, 0.29) is 5.82 Å². The van der Waals surface area contributed by atoms with Crippen LogP contribution < -0.4 is 0 Å². The average molecular weight is 325 g/mol. The number of nitrogens with zero attached hydrogens (tertiary/aromatic N) is 5. The summed E-state index contributed by atoms with van der Waals surface area (Å²) in [6, 6.07) is 6.78. The molecular weight excluding hydrogens is 305 g/mol. The van der Waals surface area contributed by atoms with Crippen molar-refractivity contribution in [1.29, 1.82) is 0 Å². The molecule has 0 radical (unpaired) electrons.